The van der Waals surface area contributed by atoms with E-state index in [-0.39, 0.29) is 5.56 Å². The zero-order chi connectivity index (χ0) is 17.9. The van der Waals surface area contributed by atoms with Gasteiger partial charge in [-0.05, 0) is 12.5 Å². The molecule has 0 fully saturated rings. The summed E-state index contributed by atoms with van der Waals surface area (Å²) in [5, 5.41) is -0.578. The first-order valence-corrected chi connectivity index (χ1v) is 7.66. The van der Waals surface area contributed by atoms with Crippen LogP contribution in [0.3, 0.4) is 0 Å². The van der Waals surface area contributed by atoms with E-state index in [0.717, 1.165) is 5.56 Å². The second-order valence-electron chi connectivity index (χ2n) is 4.59. The lowest BCUT2D eigenvalue weighted by molar-refractivity contribution is -0.164. The van der Waals surface area contributed by atoms with E-state index in [1.54, 1.807) is 6.92 Å². The van der Waals surface area contributed by atoms with Crippen molar-refractivity contribution >= 4 is 12.9 Å². The minimum absolute atomic E-state index is 0.0586. The van der Waals surface area contributed by atoms with E-state index in [1.165, 1.54) is 24.3 Å². The van der Waals surface area contributed by atoms with Crippen LogP contribution in [0, 0.1) is 6.92 Å². The van der Waals surface area contributed by atoms with Gasteiger partial charge in [-0.25, -0.2) is 0 Å². The van der Waals surface area contributed by atoms with Crippen molar-refractivity contribution in [2.45, 2.75) is 19.3 Å². The Kier molecular flexibility index (Phi) is 6.06. The molecular formula is C13H13F6O3P. The Balaban J connectivity index is 3.04. The largest absolute Gasteiger partial charge is 0.412 e. The van der Waals surface area contributed by atoms with Gasteiger partial charge in [0.2, 0.25) is 0 Å². The molecule has 0 heterocycles. The fraction of sp³-hybridized carbons (Fsp3) is 0.385. The van der Waals surface area contributed by atoms with Crippen molar-refractivity contribution in [3.8, 4) is 0 Å². The fourth-order valence-corrected chi connectivity index (χ4v) is 2.90. The van der Waals surface area contributed by atoms with Gasteiger partial charge in [-0.1, -0.05) is 36.4 Å². The van der Waals surface area contributed by atoms with Crippen molar-refractivity contribution in [3.63, 3.8) is 0 Å². The van der Waals surface area contributed by atoms with Crippen LogP contribution in [-0.2, 0) is 13.6 Å². The van der Waals surface area contributed by atoms with Gasteiger partial charge in [-0.2, -0.15) is 26.3 Å². The minimum Gasteiger partial charge on any atom is -0.296 e. The summed E-state index contributed by atoms with van der Waals surface area (Å²) in [7, 11) is -4.87. The lowest BCUT2D eigenvalue weighted by Gasteiger charge is -2.22. The van der Waals surface area contributed by atoms with E-state index in [1.807, 2.05) is 0 Å². The molecule has 0 spiro atoms. The Labute approximate surface area is 128 Å². The van der Waals surface area contributed by atoms with Crippen molar-refractivity contribution in [1.29, 1.82) is 0 Å². The average Bonchev–Trinajstić information content (AvgIpc) is 2.41. The molecule has 1 aromatic rings. The predicted molar refractivity (Wildman–Crippen MR) is 71.8 cm³/mol. The van der Waals surface area contributed by atoms with Gasteiger partial charge in [0.25, 0.3) is 0 Å². The van der Waals surface area contributed by atoms with Gasteiger partial charge in [0.15, 0.2) is 13.2 Å². The van der Waals surface area contributed by atoms with Gasteiger partial charge in [0.05, 0.1) is 5.31 Å². The normalized spacial score (nSPS) is 13.2. The first kappa shape index (κ1) is 19.7. The Bertz CT molecular complexity index is 569. The highest BCUT2D eigenvalue weighted by Crippen LogP contribution is 2.60. The lowest BCUT2D eigenvalue weighted by Crippen LogP contribution is -2.20. The van der Waals surface area contributed by atoms with E-state index < -0.39 is 38.5 Å². The number of hydrogen-bond acceptors (Lipinski definition) is 3. The van der Waals surface area contributed by atoms with E-state index in [2.05, 4.69) is 15.6 Å². The van der Waals surface area contributed by atoms with Crippen LogP contribution in [0.25, 0.3) is 5.31 Å². The maximum Gasteiger partial charge on any atom is 0.412 e. The number of alkyl halides is 6. The molecule has 0 N–H and O–H groups in total. The van der Waals surface area contributed by atoms with Gasteiger partial charge in [0.1, 0.15) is 0 Å². The molecule has 1 rings (SSSR count). The summed E-state index contributed by atoms with van der Waals surface area (Å²) in [6.07, 6.45) is -9.77. The highest BCUT2D eigenvalue weighted by atomic mass is 31.2. The Hall–Kier alpha value is -1.31. The van der Waals surface area contributed by atoms with Crippen molar-refractivity contribution in [2.24, 2.45) is 0 Å². The van der Waals surface area contributed by atoms with Crippen molar-refractivity contribution in [3.05, 3.63) is 42.0 Å². The number of halogens is 6. The van der Waals surface area contributed by atoms with Gasteiger partial charge in [-0.3, -0.25) is 13.6 Å². The molecule has 0 aliphatic rings. The Morgan fingerprint density at radius 1 is 1.00 bits per heavy atom. The first-order chi connectivity index (χ1) is 10.3. The number of hydrogen-bond donors (Lipinski definition) is 0. The van der Waals surface area contributed by atoms with Gasteiger partial charge in [0, 0.05) is 0 Å². The number of rotatable bonds is 6. The average molecular weight is 362 g/mol. The third kappa shape index (κ3) is 6.76. The summed E-state index contributed by atoms with van der Waals surface area (Å²) >= 11 is 0. The second-order valence-corrected chi connectivity index (χ2v) is 6.64. The summed E-state index contributed by atoms with van der Waals surface area (Å²) in [4.78, 5) is 0. The van der Waals surface area contributed by atoms with E-state index in [9.17, 15) is 30.9 Å². The van der Waals surface area contributed by atoms with Gasteiger partial charge in [-0.15, -0.1) is 0 Å². The molecule has 0 aromatic heterocycles. The van der Waals surface area contributed by atoms with Crippen LogP contribution >= 0.6 is 7.60 Å². The summed E-state index contributed by atoms with van der Waals surface area (Å²) in [6, 6.07) is 5.74. The molecule has 23 heavy (non-hydrogen) atoms. The summed E-state index contributed by atoms with van der Waals surface area (Å²) in [5.41, 5.74) is 0.840. The van der Waals surface area contributed by atoms with E-state index >= 15 is 0 Å². The zero-order valence-electron chi connectivity index (χ0n) is 11.9. The first-order valence-electron chi connectivity index (χ1n) is 6.11. The molecule has 130 valence electrons. The van der Waals surface area contributed by atoms with Crippen LogP contribution < -0.4 is 0 Å². The Morgan fingerprint density at radius 2 is 1.39 bits per heavy atom. The van der Waals surface area contributed by atoms with Crippen LogP contribution in [0.4, 0.5) is 26.3 Å². The Morgan fingerprint density at radius 3 is 1.74 bits per heavy atom. The monoisotopic (exact) mass is 362 g/mol. The lowest BCUT2D eigenvalue weighted by atomic mass is 10.1. The summed E-state index contributed by atoms with van der Waals surface area (Å²) < 4.78 is 94.0. The van der Waals surface area contributed by atoms with Crippen molar-refractivity contribution in [2.75, 3.05) is 13.2 Å². The molecule has 0 bridgehead atoms. The molecule has 0 saturated heterocycles. The van der Waals surface area contributed by atoms with Crippen LogP contribution in [0.2, 0.25) is 0 Å². The molecule has 1 aromatic carbocycles. The highest BCUT2D eigenvalue weighted by Gasteiger charge is 2.40. The number of aryl methyl sites for hydroxylation is 1. The molecule has 10 heteroatoms. The smallest absolute Gasteiger partial charge is 0.296 e. The minimum atomic E-state index is -4.88. The molecule has 0 atom stereocenters. The van der Waals surface area contributed by atoms with Crippen molar-refractivity contribution < 1.29 is 40.0 Å². The van der Waals surface area contributed by atoms with Crippen molar-refractivity contribution in [1.82, 2.24) is 0 Å². The SMILES string of the molecule is C=C(c1ccc(C)cc1)P(=O)(OCC(F)(F)F)OCC(F)(F)F. The van der Waals surface area contributed by atoms with E-state index in [4.69, 9.17) is 0 Å². The van der Waals surface area contributed by atoms with Crippen LogP contribution in [0.15, 0.2) is 30.8 Å². The molecule has 0 aliphatic carbocycles. The molecule has 0 saturated carbocycles. The summed E-state index contributed by atoms with van der Waals surface area (Å²) in [5.74, 6) is 0. The molecule has 0 aliphatic heterocycles. The maximum atomic E-state index is 12.3. The molecule has 3 nitrogen and oxygen atoms in total. The summed E-state index contributed by atoms with van der Waals surface area (Å²) in [6.45, 7) is 0.953. The third-order valence-corrected chi connectivity index (χ3v) is 4.37. The molecule has 0 unspecified atom stereocenters. The van der Waals surface area contributed by atoms with Crippen LogP contribution in [0.1, 0.15) is 11.1 Å². The fourth-order valence-electron chi connectivity index (χ4n) is 1.41. The predicted octanol–water partition coefficient (Wildman–Crippen LogP) is 5.32. The highest BCUT2D eigenvalue weighted by molar-refractivity contribution is 7.65. The van der Waals surface area contributed by atoms with Gasteiger partial charge < -0.3 is 0 Å². The van der Waals surface area contributed by atoms with E-state index in [0.29, 0.717) is 0 Å². The van der Waals surface area contributed by atoms with Gasteiger partial charge >= 0.3 is 19.9 Å². The topological polar surface area (TPSA) is 35.5 Å². The zero-order valence-corrected chi connectivity index (χ0v) is 12.8. The number of benzene rings is 1. The molecule has 0 amide bonds. The maximum absolute atomic E-state index is 12.3. The molecular weight excluding hydrogens is 349 g/mol. The quantitative estimate of drug-likeness (QED) is 0.508. The third-order valence-electron chi connectivity index (χ3n) is 2.51. The van der Waals surface area contributed by atoms with Crippen LogP contribution in [0.5, 0.6) is 0 Å². The molecule has 0 radical (unpaired) electrons. The van der Waals surface area contributed by atoms with Crippen LogP contribution in [-0.4, -0.2) is 25.6 Å². The standard InChI is InChI=1S/C13H13F6O3P/c1-9-3-5-11(6-4-9)10(2)23(20,21-7-12(14,15)16)22-8-13(17,18)19/h3-6H,2,7-8H2,1H3. The second kappa shape index (κ2) is 7.07.